The van der Waals surface area contributed by atoms with Crippen LogP contribution >= 0.6 is 11.9 Å². The molecule has 0 unspecified atom stereocenters. The number of benzene rings is 2. The maximum atomic E-state index is 12.7. The monoisotopic (exact) mass is 441 g/mol. The molecule has 1 saturated heterocycles. The minimum atomic E-state index is -0.0273. The van der Waals surface area contributed by atoms with E-state index >= 15 is 0 Å². The number of fused-ring (bicyclic) bond motifs is 1. The highest BCUT2D eigenvalue weighted by molar-refractivity contribution is 7.96. The van der Waals surface area contributed by atoms with Crippen LogP contribution in [0.4, 0.5) is 5.69 Å². The van der Waals surface area contributed by atoms with Crippen LogP contribution in [0.25, 0.3) is 0 Å². The van der Waals surface area contributed by atoms with Gasteiger partial charge in [-0.15, -0.1) is 0 Å². The Morgan fingerprint density at radius 2 is 2.00 bits per heavy atom. The molecule has 31 heavy (non-hydrogen) atoms. The number of nitrogens with one attached hydrogen (secondary N) is 1. The van der Waals surface area contributed by atoms with Crippen LogP contribution in [-0.2, 0) is 6.54 Å². The normalized spacial score (nSPS) is 17.0. The van der Waals surface area contributed by atoms with Crippen LogP contribution in [0.1, 0.15) is 28.8 Å². The summed E-state index contributed by atoms with van der Waals surface area (Å²) in [4.78, 5) is 15.0. The average molecular weight is 442 g/mol. The Bertz CT molecular complexity index is 899. The molecule has 1 N–H and O–H groups in total. The van der Waals surface area contributed by atoms with Crippen molar-refractivity contribution < 1.29 is 14.3 Å². The molecule has 2 heterocycles. The highest BCUT2D eigenvalue weighted by Crippen LogP contribution is 2.34. The molecule has 6 nitrogen and oxygen atoms in total. The zero-order chi connectivity index (χ0) is 21.6. The van der Waals surface area contributed by atoms with Gasteiger partial charge in [0.15, 0.2) is 0 Å². The Kier molecular flexibility index (Phi) is 7.25. The smallest absolute Gasteiger partial charge is 0.251 e. The summed E-state index contributed by atoms with van der Waals surface area (Å²) in [6.45, 7) is 5.05. The van der Waals surface area contributed by atoms with Crippen LogP contribution in [0, 0.1) is 5.92 Å². The largest absolute Gasteiger partial charge is 0.496 e. The third-order valence-electron chi connectivity index (χ3n) is 6.12. The summed E-state index contributed by atoms with van der Waals surface area (Å²) in [5, 5.41) is 3.12. The molecule has 1 amide bonds. The van der Waals surface area contributed by atoms with Crippen LogP contribution in [0.15, 0.2) is 42.5 Å². The molecule has 0 aliphatic carbocycles. The number of carbonyl (C=O) groups excluding carboxylic acids is 1. The van der Waals surface area contributed by atoms with E-state index in [1.807, 2.05) is 36.4 Å². The molecular formula is C24H31N3O3S. The number of ether oxygens (including phenoxy) is 2. The number of amides is 1. The van der Waals surface area contributed by atoms with Gasteiger partial charge in [0.05, 0.1) is 19.3 Å². The fraction of sp³-hybridized carbons (Fsp3) is 0.458. The summed E-state index contributed by atoms with van der Waals surface area (Å²) in [6.07, 6.45) is 4.39. The molecular weight excluding hydrogens is 410 g/mol. The molecule has 2 aromatic rings. The summed E-state index contributed by atoms with van der Waals surface area (Å²) in [7, 11) is 1.70. The molecule has 0 bridgehead atoms. The first-order valence-electron chi connectivity index (χ1n) is 10.9. The van der Waals surface area contributed by atoms with E-state index in [0.717, 1.165) is 68.3 Å². The third kappa shape index (κ3) is 5.28. The first-order chi connectivity index (χ1) is 15.2. The Morgan fingerprint density at radius 3 is 2.77 bits per heavy atom. The van der Waals surface area contributed by atoms with Gasteiger partial charge in [-0.3, -0.25) is 9.10 Å². The van der Waals surface area contributed by atoms with E-state index < -0.39 is 0 Å². The first-order valence-corrected chi connectivity index (χ1v) is 12.1. The van der Waals surface area contributed by atoms with Gasteiger partial charge in [-0.05, 0) is 49.3 Å². The van der Waals surface area contributed by atoms with Gasteiger partial charge < -0.3 is 19.7 Å². The van der Waals surface area contributed by atoms with Crippen LogP contribution in [0.3, 0.4) is 0 Å². The van der Waals surface area contributed by atoms with Crippen molar-refractivity contribution in [3.63, 3.8) is 0 Å². The summed E-state index contributed by atoms with van der Waals surface area (Å²) >= 11 is 1.81. The Morgan fingerprint density at radius 1 is 1.19 bits per heavy atom. The molecule has 0 radical (unpaired) electrons. The van der Waals surface area contributed by atoms with Crippen molar-refractivity contribution in [3.8, 4) is 11.5 Å². The topological polar surface area (TPSA) is 54.0 Å². The minimum absolute atomic E-state index is 0.0273. The lowest BCUT2D eigenvalue weighted by molar-refractivity contribution is 0.0941. The minimum Gasteiger partial charge on any atom is -0.496 e. The molecule has 1 fully saturated rings. The predicted molar refractivity (Wildman–Crippen MR) is 126 cm³/mol. The van der Waals surface area contributed by atoms with Gasteiger partial charge >= 0.3 is 0 Å². The van der Waals surface area contributed by atoms with Gasteiger partial charge in [0, 0.05) is 37.3 Å². The number of carbonyl (C=O) groups is 1. The zero-order valence-corrected chi connectivity index (χ0v) is 19.1. The lowest BCUT2D eigenvalue weighted by atomic mass is 9.98. The third-order valence-corrected chi connectivity index (χ3v) is 7.00. The summed E-state index contributed by atoms with van der Waals surface area (Å²) in [5.41, 5.74) is 2.80. The van der Waals surface area contributed by atoms with E-state index in [-0.39, 0.29) is 5.91 Å². The molecule has 7 heteroatoms. The Hall–Kier alpha value is -2.38. The zero-order valence-electron chi connectivity index (χ0n) is 18.3. The number of hydrogen-bond donors (Lipinski definition) is 1. The van der Waals surface area contributed by atoms with Crippen molar-refractivity contribution in [2.45, 2.75) is 19.4 Å². The second-order valence-electron chi connectivity index (χ2n) is 8.03. The Balaban J connectivity index is 1.39. The predicted octanol–water partition coefficient (Wildman–Crippen LogP) is 3.81. The molecule has 0 saturated carbocycles. The van der Waals surface area contributed by atoms with Crippen molar-refractivity contribution in [3.05, 3.63) is 53.6 Å². The van der Waals surface area contributed by atoms with Gasteiger partial charge in [-0.1, -0.05) is 30.1 Å². The van der Waals surface area contributed by atoms with E-state index in [1.54, 1.807) is 19.1 Å². The van der Waals surface area contributed by atoms with Crippen LogP contribution < -0.4 is 19.7 Å². The van der Waals surface area contributed by atoms with Crippen molar-refractivity contribution in [2.24, 2.45) is 5.92 Å². The molecule has 166 valence electrons. The van der Waals surface area contributed by atoms with Crippen LogP contribution in [0.2, 0.25) is 0 Å². The molecule has 0 spiro atoms. The van der Waals surface area contributed by atoms with Gasteiger partial charge in [0.1, 0.15) is 18.1 Å². The maximum Gasteiger partial charge on any atom is 0.251 e. The lowest BCUT2D eigenvalue weighted by Crippen LogP contribution is -2.36. The van der Waals surface area contributed by atoms with Gasteiger partial charge in [-0.2, -0.15) is 0 Å². The molecule has 2 aromatic carbocycles. The van der Waals surface area contributed by atoms with E-state index in [9.17, 15) is 4.79 Å². The SMILES string of the molecule is COc1ccccc1CN1CCOc2cc(C(=O)NCC3CCN(SC)CC3)ccc21. The standard InChI is InChI=1S/C24H31N3O3S/c1-29-22-6-4-3-5-20(22)17-26-13-14-30-23-15-19(7-8-21(23)26)24(28)25-16-18-9-11-27(31-2)12-10-18/h3-8,15,18H,9-14,16-17H2,1-2H3,(H,25,28). The average Bonchev–Trinajstić information content (AvgIpc) is 2.83. The molecule has 0 aromatic heterocycles. The highest BCUT2D eigenvalue weighted by Gasteiger charge is 2.22. The number of rotatable bonds is 7. The van der Waals surface area contributed by atoms with Crippen molar-refractivity contribution >= 4 is 23.5 Å². The van der Waals surface area contributed by atoms with Crippen molar-refractivity contribution in [1.82, 2.24) is 9.62 Å². The van der Waals surface area contributed by atoms with Crippen molar-refractivity contribution in [2.75, 3.05) is 51.1 Å². The lowest BCUT2D eigenvalue weighted by Gasteiger charge is -2.32. The van der Waals surface area contributed by atoms with E-state index in [4.69, 9.17) is 9.47 Å². The van der Waals surface area contributed by atoms with Gasteiger partial charge in [0.25, 0.3) is 5.91 Å². The van der Waals surface area contributed by atoms with Gasteiger partial charge in [0.2, 0.25) is 0 Å². The number of piperidine rings is 1. The summed E-state index contributed by atoms with van der Waals surface area (Å²) in [6, 6.07) is 13.8. The number of hydrogen-bond acceptors (Lipinski definition) is 6. The van der Waals surface area contributed by atoms with E-state index in [1.165, 1.54) is 0 Å². The van der Waals surface area contributed by atoms with Crippen molar-refractivity contribution in [1.29, 1.82) is 0 Å². The molecule has 4 rings (SSSR count). The summed E-state index contributed by atoms with van der Waals surface area (Å²) in [5.74, 6) is 2.18. The fourth-order valence-electron chi connectivity index (χ4n) is 4.26. The number of anilines is 1. The molecule has 2 aliphatic heterocycles. The number of para-hydroxylation sites is 1. The van der Waals surface area contributed by atoms with E-state index in [2.05, 4.69) is 26.8 Å². The van der Waals surface area contributed by atoms with Crippen LogP contribution in [0.5, 0.6) is 11.5 Å². The molecule has 0 atom stereocenters. The first kappa shape index (κ1) is 21.8. The highest BCUT2D eigenvalue weighted by atomic mass is 32.2. The Labute approximate surface area is 189 Å². The quantitative estimate of drug-likeness (QED) is 0.660. The fourth-order valence-corrected chi connectivity index (χ4v) is 4.83. The molecule has 2 aliphatic rings. The summed E-state index contributed by atoms with van der Waals surface area (Å²) < 4.78 is 13.8. The second-order valence-corrected chi connectivity index (χ2v) is 8.91. The maximum absolute atomic E-state index is 12.7. The van der Waals surface area contributed by atoms with Gasteiger partial charge in [-0.25, -0.2) is 0 Å². The van der Waals surface area contributed by atoms with Crippen LogP contribution in [-0.4, -0.2) is 56.4 Å². The number of nitrogens with zero attached hydrogens (tertiary/aromatic N) is 2. The second kappa shape index (κ2) is 10.3. The van der Waals surface area contributed by atoms with E-state index in [0.29, 0.717) is 18.1 Å². The number of methoxy groups -OCH3 is 1.